The molecule has 2 amide bonds. The average molecular weight is 322 g/mol. The van der Waals surface area contributed by atoms with E-state index in [2.05, 4.69) is 10.6 Å². The number of carbonyl (C=O) groups is 2. The zero-order valence-electron chi connectivity index (χ0n) is 13.4. The Morgan fingerprint density at radius 3 is 2.78 bits per heavy atom. The molecule has 1 aliphatic rings. The Bertz CT molecular complexity index is 587. The van der Waals surface area contributed by atoms with E-state index >= 15 is 0 Å². The van der Waals surface area contributed by atoms with Gasteiger partial charge in [-0.05, 0) is 23.6 Å². The zero-order chi connectivity index (χ0) is 17.0. The second-order valence-electron chi connectivity index (χ2n) is 5.93. The van der Waals surface area contributed by atoms with Gasteiger partial charge < -0.3 is 15.7 Å². The minimum absolute atomic E-state index is 0.0194. The third-order valence-electron chi connectivity index (χ3n) is 4.45. The molecule has 126 valence electrons. The standard InChI is InChI=1S/C17H23FN2O3/c1-3-10(4-2)15(21)9-19-17(23)13-8-16(22)20-14-7-11(18)5-6-12(13)14/h5-7,10,13,15,21H,3-4,8-9H2,1-2H3,(H,19,23)(H,20,22). The van der Waals surface area contributed by atoms with E-state index in [0.717, 1.165) is 12.8 Å². The van der Waals surface area contributed by atoms with Crippen molar-refractivity contribution < 1.29 is 19.1 Å². The summed E-state index contributed by atoms with van der Waals surface area (Å²) < 4.78 is 13.3. The molecule has 1 aliphatic heterocycles. The van der Waals surface area contributed by atoms with E-state index in [0.29, 0.717) is 11.3 Å². The van der Waals surface area contributed by atoms with Crippen LogP contribution in [0.15, 0.2) is 18.2 Å². The summed E-state index contributed by atoms with van der Waals surface area (Å²) in [5, 5.41) is 15.4. The Labute approximate surface area is 135 Å². The minimum atomic E-state index is -0.659. The summed E-state index contributed by atoms with van der Waals surface area (Å²) in [7, 11) is 0. The van der Waals surface area contributed by atoms with Crippen LogP contribution in [-0.4, -0.2) is 29.6 Å². The van der Waals surface area contributed by atoms with Crippen LogP contribution < -0.4 is 10.6 Å². The lowest BCUT2D eigenvalue weighted by Gasteiger charge is -2.26. The van der Waals surface area contributed by atoms with Gasteiger partial charge in [-0.3, -0.25) is 9.59 Å². The number of rotatable bonds is 6. The van der Waals surface area contributed by atoms with Crippen LogP contribution in [0, 0.1) is 11.7 Å². The highest BCUT2D eigenvalue weighted by Gasteiger charge is 2.31. The Hall–Kier alpha value is -1.95. The van der Waals surface area contributed by atoms with Gasteiger partial charge in [0.05, 0.1) is 12.0 Å². The van der Waals surface area contributed by atoms with E-state index < -0.39 is 17.8 Å². The summed E-state index contributed by atoms with van der Waals surface area (Å²) >= 11 is 0. The number of halogens is 1. The third kappa shape index (κ3) is 4.07. The molecule has 23 heavy (non-hydrogen) atoms. The predicted octanol–water partition coefficient (Wildman–Crippen LogP) is 2.16. The molecule has 3 N–H and O–H groups in total. The van der Waals surface area contributed by atoms with Gasteiger partial charge in [0.1, 0.15) is 5.82 Å². The summed E-state index contributed by atoms with van der Waals surface area (Å²) in [6.07, 6.45) is 1.08. The van der Waals surface area contributed by atoms with Crippen molar-refractivity contribution >= 4 is 17.5 Å². The van der Waals surface area contributed by atoms with Crippen LogP contribution in [0.5, 0.6) is 0 Å². The van der Waals surface area contributed by atoms with E-state index in [1.165, 1.54) is 18.2 Å². The van der Waals surface area contributed by atoms with Crippen LogP contribution in [0.25, 0.3) is 0 Å². The van der Waals surface area contributed by atoms with Crippen molar-refractivity contribution in [1.29, 1.82) is 0 Å². The number of anilines is 1. The molecule has 0 fully saturated rings. The van der Waals surface area contributed by atoms with Crippen molar-refractivity contribution in [3.8, 4) is 0 Å². The largest absolute Gasteiger partial charge is 0.391 e. The molecular weight excluding hydrogens is 299 g/mol. The molecule has 1 aromatic rings. The smallest absolute Gasteiger partial charge is 0.228 e. The second kappa shape index (κ2) is 7.55. The number of amides is 2. The summed E-state index contributed by atoms with van der Waals surface area (Å²) in [6, 6.07) is 4.01. The van der Waals surface area contributed by atoms with E-state index in [1.807, 2.05) is 13.8 Å². The molecule has 0 saturated heterocycles. The fraction of sp³-hybridized carbons (Fsp3) is 0.529. The Kier molecular flexibility index (Phi) is 5.71. The van der Waals surface area contributed by atoms with Gasteiger partial charge in [0, 0.05) is 18.7 Å². The van der Waals surface area contributed by atoms with Crippen molar-refractivity contribution in [3.05, 3.63) is 29.6 Å². The molecule has 0 bridgehead atoms. The maximum atomic E-state index is 13.3. The quantitative estimate of drug-likeness (QED) is 0.751. The summed E-state index contributed by atoms with van der Waals surface area (Å²) in [4.78, 5) is 24.1. The number of nitrogens with one attached hydrogen (secondary N) is 2. The minimum Gasteiger partial charge on any atom is -0.391 e. The lowest BCUT2D eigenvalue weighted by Crippen LogP contribution is -2.40. The first kappa shape index (κ1) is 17.4. The van der Waals surface area contributed by atoms with Crippen LogP contribution in [-0.2, 0) is 9.59 Å². The highest BCUT2D eigenvalue weighted by molar-refractivity contribution is 6.01. The topological polar surface area (TPSA) is 78.4 Å². The van der Waals surface area contributed by atoms with E-state index in [-0.39, 0.29) is 30.7 Å². The molecule has 5 nitrogen and oxygen atoms in total. The van der Waals surface area contributed by atoms with Crippen LogP contribution in [0.3, 0.4) is 0 Å². The first-order valence-electron chi connectivity index (χ1n) is 8.01. The van der Waals surface area contributed by atoms with E-state index in [1.54, 1.807) is 0 Å². The van der Waals surface area contributed by atoms with Crippen LogP contribution in [0.4, 0.5) is 10.1 Å². The normalized spacial score (nSPS) is 18.3. The van der Waals surface area contributed by atoms with Gasteiger partial charge in [0.25, 0.3) is 0 Å². The zero-order valence-corrected chi connectivity index (χ0v) is 13.4. The molecule has 6 heteroatoms. The number of hydrogen-bond donors (Lipinski definition) is 3. The number of aliphatic hydroxyl groups excluding tert-OH is 1. The molecule has 2 unspecified atom stereocenters. The molecule has 0 spiro atoms. The van der Waals surface area contributed by atoms with Crippen molar-refractivity contribution in [1.82, 2.24) is 5.32 Å². The fourth-order valence-corrected chi connectivity index (χ4v) is 3.00. The lowest BCUT2D eigenvalue weighted by atomic mass is 9.89. The Morgan fingerprint density at radius 1 is 1.43 bits per heavy atom. The molecular formula is C17H23FN2O3. The van der Waals surface area contributed by atoms with E-state index in [9.17, 15) is 19.1 Å². The first-order valence-corrected chi connectivity index (χ1v) is 8.01. The summed E-state index contributed by atoms with van der Waals surface area (Å²) in [5.41, 5.74) is 0.933. The number of fused-ring (bicyclic) bond motifs is 1. The van der Waals surface area contributed by atoms with Crippen molar-refractivity contribution in [2.24, 2.45) is 5.92 Å². The summed E-state index contributed by atoms with van der Waals surface area (Å²) in [6.45, 7) is 4.14. The average Bonchev–Trinajstić information content (AvgIpc) is 2.52. The molecule has 0 aromatic heterocycles. The molecule has 0 aliphatic carbocycles. The van der Waals surface area contributed by atoms with Gasteiger partial charge >= 0.3 is 0 Å². The van der Waals surface area contributed by atoms with E-state index in [4.69, 9.17) is 0 Å². The molecule has 1 aromatic carbocycles. The second-order valence-corrected chi connectivity index (χ2v) is 5.93. The maximum absolute atomic E-state index is 13.3. The molecule has 2 rings (SSSR count). The highest BCUT2D eigenvalue weighted by Crippen LogP contribution is 2.32. The van der Waals surface area contributed by atoms with Crippen molar-refractivity contribution in [2.75, 3.05) is 11.9 Å². The van der Waals surface area contributed by atoms with Crippen molar-refractivity contribution in [2.45, 2.75) is 45.1 Å². The SMILES string of the molecule is CCC(CC)C(O)CNC(=O)C1CC(=O)Nc2cc(F)ccc21. The predicted molar refractivity (Wildman–Crippen MR) is 85.5 cm³/mol. The van der Waals surface area contributed by atoms with Crippen LogP contribution in [0.1, 0.15) is 44.6 Å². The van der Waals surface area contributed by atoms with Crippen LogP contribution >= 0.6 is 0 Å². The summed E-state index contributed by atoms with van der Waals surface area (Å²) in [5.74, 6) is -1.63. The number of hydrogen-bond acceptors (Lipinski definition) is 3. The fourth-order valence-electron chi connectivity index (χ4n) is 3.00. The highest BCUT2D eigenvalue weighted by atomic mass is 19.1. The lowest BCUT2D eigenvalue weighted by molar-refractivity contribution is -0.126. The van der Waals surface area contributed by atoms with Crippen LogP contribution in [0.2, 0.25) is 0 Å². The van der Waals surface area contributed by atoms with Gasteiger partial charge in [-0.15, -0.1) is 0 Å². The maximum Gasteiger partial charge on any atom is 0.228 e. The molecule has 0 radical (unpaired) electrons. The molecule has 0 saturated carbocycles. The van der Waals surface area contributed by atoms with Gasteiger partial charge in [0.15, 0.2) is 0 Å². The van der Waals surface area contributed by atoms with Gasteiger partial charge in [0.2, 0.25) is 11.8 Å². The molecule has 1 heterocycles. The third-order valence-corrected chi connectivity index (χ3v) is 4.45. The molecule has 2 atom stereocenters. The van der Waals surface area contributed by atoms with Gasteiger partial charge in [-0.1, -0.05) is 32.8 Å². The van der Waals surface area contributed by atoms with Gasteiger partial charge in [-0.25, -0.2) is 4.39 Å². The Balaban J connectivity index is 2.07. The number of benzene rings is 1. The van der Waals surface area contributed by atoms with Crippen molar-refractivity contribution in [3.63, 3.8) is 0 Å². The first-order chi connectivity index (χ1) is 11.0. The van der Waals surface area contributed by atoms with Gasteiger partial charge in [-0.2, -0.15) is 0 Å². The Morgan fingerprint density at radius 2 is 2.13 bits per heavy atom. The monoisotopic (exact) mass is 322 g/mol. The number of aliphatic hydroxyl groups is 1. The number of carbonyl (C=O) groups excluding carboxylic acids is 2.